The highest BCUT2D eigenvalue weighted by atomic mass is 79.9. The highest BCUT2D eigenvalue weighted by molar-refractivity contribution is 9.10. The number of ether oxygens (including phenoxy) is 2. The zero-order chi connectivity index (χ0) is 13.5. The van der Waals surface area contributed by atoms with Crippen LogP contribution in [0.15, 0.2) is 16.6 Å². The molecule has 0 aromatic heterocycles. The molecule has 0 saturated carbocycles. The summed E-state index contributed by atoms with van der Waals surface area (Å²) in [6.07, 6.45) is 1.18. The van der Waals surface area contributed by atoms with Crippen LogP contribution >= 0.6 is 15.9 Å². The maximum atomic E-state index is 5.85. The monoisotopic (exact) mass is 326 g/mol. The lowest BCUT2D eigenvalue weighted by Gasteiger charge is -2.22. The normalized spacial score (nSPS) is 26.1. The summed E-state index contributed by atoms with van der Waals surface area (Å²) in [4.78, 5) is 2.46. The molecule has 3 rings (SSSR count). The second-order valence-electron chi connectivity index (χ2n) is 5.79. The topological polar surface area (TPSA) is 47.7 Å². The summed E-state index contributed by atoms with van der Waals surface area (Å²) in [5, 5.41) is 0. The summed E-state index contributed by atoms with van der Waals surface area (Å²) < 4.78 is 11.8. The summed E-state index contributed by atoms with van der Waals surface area (Å²) in [6.45, 7) is 6.45. The van der Waals surface area contributed by atoms with E-state index in [0.717, 1.165) is 42.2 Å². The maximum Gasteiger partial charge on any atom is 0.231 e. The molecule has 2 aliphatic heterocycles. The Hall–Kier alpha value is -0.780. The van der Waals surface area contributed by atoms with Gasteiger partial charge >= 0.3 is 0 Å². The molecule has 1 fully saturated rings. The van der Waals surface area contributed by atoms with Crippen LogP contribution in [0.2, 0.25) is 0 Å². The number of benzene rings is 1. The van der Waals surface area contributed by atoms with E-state index in [1.807, 2.05) is 0 Å². The maximum absolute atomic E-state index is 5.85. The fourth-order valence-corrected chi connectivity index (χ4v) is 3.40. The molecule has 104 valence electrons. The van der Waals surface area contributed by atoms with Gasteiger partial charge in [0.1, 0.15) is 0 Å². The van der Waals surface area contributed by atoms with Crippen molar-refractivity contribution in [2.45, 2.75) is 19.9 Å². The highest BCUT2D eigenvalue weighted by Crippen LogP contribution is 2.40. The molecule has 0 spiro atoms. The number of rotatable bonds is 3. The molecule has 0 amide bonds. The molecule has 1 unspecified atom stereocenters. The third-order valence-corrected chi connectivity index (χ3v) is 4.61. The van der Waals surface area contributed by atoms with Gasteiger partial charge in [-0.05, 0) is 58.6 Å². The molecule has 0 bridgehead atoms. The van der Waals surface area contributed by atoms with Crippen molar-refractivity contribution in [2.75, 3.05) is 26.4 Å². The van der Waals surface area contributed by atoms with Gasteiger partial charge < -0.3 is 15.2 Å². The minimum absolute atomic E-state index is 0.271. The first-order valence-electron chi connectivity index (χ1n) is 6.60. The van der Waals surface area contributed by atoms with Crippen molar-refractivity contribution in [3.63, 3.8) is 0 Å². The van der Waals surface area contributed by atoms with Crippen LogP contribution in [-0.4, -0.2) is 31.3 Å². The first-order chi connectivity index (χ1) is 9.09. The predicted molar refractivity (Wildman–Crippen MR) is 77.3 cm³/mol. The Bertz CT molecular complexity index is 495. The van der Waals surface area contributed by atoms with Gasteiger partial charge in [-0.2, -0.15) is 0 Å². The predicted octanol–water partition coefficient (Wildman–Crippen LogP) is 2.35. The van der Waals surface area contributed by atoms with E-state index in [1.165, 1.54) is 12.0 Å². The lowest BCUT2D eigenvalue weighted by atomic mass is 9.90. The van der Waals surface area contributed by atoms with Gasteiger partial charge in [-0.1, -0.05) is 6.92 Å². The zero-order valence-electron chi connectivity index (χ0n) is 11.1. The van der Waals surface area contributed by atoms with Crippen LogP contribution in [0, 0.1) is 5.41 Å². The number of likely N-dealkylation sites (tertiary alicyclic amines) is 1. The molecule has 19 heavy (non-hydrogen) atoms. The van der Waals surface area contributed by atoms with E-state index in [9.17, 15) is 0 Å². The minimum Gasteiger partial charge on any atom is -0.454 e. The van der Waals surface area contributed by atoms with Crippen molar-refractivity contribution in [3.8, 4) is 11.5 Å². The van der Waals surface area contributed by atoms with Crippen LogP contribution in [0.1, 0.15) is 18.9 Å². The number of nitrogens with two attached hydrogens (primary N) is 1. The van der Waals surface area contributed by atoms with E-state index in [0.29, 0.717) is 6.79 Å². The Morgan fingerprint density at radius 1 is 1.42 bits per heavy atom. The van der Waals surface area contributed by atoms with Crippen LogP contribution < -0.4 is 15.2 Å². The smallest absolute Gasteiger partial charge is 0.231 e. The molecule has 4 nitrogen and oxygen atoms in total. The fraction of sp³-hybridized carbons (Fsp3) is 0.571. The van der Waals surface area contributed by atoms with Gasteiger partial charge in [0.05, 0.1) is 4.47 Å². The lowest BCUT2D eigenvalue weighted by molar-refractivity contribution is 0.173. The Morgan fingerprint density at radius 2 is 2.26 bits per heavy atom. The van der Waals surface area contributed by atoms with Crippen LogP contribution in [0.4, 0.5) is 0 Å². The largest absolute Gasteiger partial charge is 0.454 e. The van der Waals surface area contributed by atoms with Crippen molar-refractivity contribution < 1.29 is 9.47 Å². The molecule has 0 aliphatic carbocycles. The van der Waals surface area contributed by atoms with Gasteiger partial charge in [-0.3, -0.25) is 4.90 Å². The summed E-state index contributed by atoms with van der Waals surface area (Å²) in [6, 6.07) is 4.19. The fourth-order valence-electron chi connectivity index (χ4n) is 2.80. The molecule has 1 aromatic rings. The third kappa shape index (κ3) is 2.59. The molecule has 1 atom stereocenters. The summed E-state index contributed by atoms with van der Waals surface area (Å²) >= 11 is 3.54. The minimum atomic E-state index is 0.271. The van der Waals surface area contributed by atoms with Crippen LogP contribution in [0.5, 0.6) is 11.5 Å². The van der Waals surface area contributed by atoms with E-state index >= 15 is 0 Å². The first-order valence-corrected chi connectivity index (χ1v) is 7.39. The number of fused-ring (bicyclic) bond motifs is 1. The number of hydrogen-bond donors (Lipinski definition) is 1. The third-order valence-electron chi connectivity index (χ3n) is 4.02. The Kier molecular flexibility index (Phi) is 3.45. The van der Waals surface area contributed by atoms with Crippen molar-refractivity contribution in [1.29, 1.82) is 0 Å². The van der Waals surface area contributed by atoms with Gasteiger partial charge in [-0.25, -0.2) is 0 Å². The van der Waals surface area contributed by atoms with Crippen LogP contribution in [0.25, 0.3) is 0 Å². The van der Waals surface area contributed by atoms with Crippen molar-refractivity contribution in [3.05, 3.63) is 22.2 Å². The van der Waals surface area contributed by atoms with Crippen LogP contribution in [0.3, 0.4) is 0 Å². The average Bonchev–Trinajstić information content (AvgIpc) is 2.97. The molecule has 5 heteroatoms. The van der Waals surface area contributed by atoms with E-state index in [-0.39, 0.29) is 5.41 Å². The van der Waals surface area contributed by atoms with Gasteiger partial charge in [0.2, 0.25) is 6.79 Å². The Morgan fingerprint density at radius 3 is 3.00 bits per heavy atom. The summed E-state index contributed by atoms with van der Waals surface area (Å²) in [5.41, 5.74) is 7.37. The molecular weight excluding hydrogens is 308 g/mol. The average molecular weight is 327 g/mol. The van der Waals surface area contributed by atoms with Gasteiger partial charge in [0.15, 0.2) is 11.5 Å². The molecular formula is C14H19BrN2O2. The molecule has 0 radical (unpaired) electrons. The molecule has 2 heterocycles. The van der Waals surface area contributed by atoms with Gasteiger partial charge in [-0.15, -0.1) is 0 Å². The quantitative estimate of drug-likeness (QED) is 0.926. The number of hydrogen-bond acceptors (Lipinski definition) is 4. The lowest BCUT2D eigenvalue weighted by Crippen LogP contribution is -2.31. The number of nitrogens with zero attached hydrogens (tertiary/aromatic N) is 1. The summed E-state index contributed by atoms with van der Waals surface area (Å²) in [5.74, 6) is 1.65. The SMILES string of the molecule is CC1(CN)CCN(Cc2cc(Br)c3c(c2)OCO3)C1. The van der Waals surface area contributed by atoms with E-state index in [4.69, 9.17) is 15.2 Å². The number of halogens is 1. The molecule has 1 aromatic carbocycles. The molecule has 2 aliphatic rings. The molecule has 1 saturated heterocycles. The second kappa shape index (κ2) is 4.96. The molecule has 2 N–H and O–H groups in total. The van der Waals surface area contributed by atoms with Crippen molar-refractivity contribution in [2.24, 2.45) is 11.1 Å². The van der Waals surface area contributed by atoms with E-state index < -0.39 is 0 Å². The van der Waals surface area contributed by atoms with E-state index in [2.05, 4.69) is 39.9 Å². The zero-order valence-corrected chi connectivity index (χ0v) is 12.7. The van der Waals surface area contributed by atoms with E-state index in [1.54, 1.807) is 0 Å². The Labute approximate surface area is 122 Å². The van der Waals surface area contributed by atoms with Crippen molar-refractivity contribution in [1.82, 2.24) is 4.90 Å². The van der Waals surface area contributed by atoms with Crippen molar-refractivity contribution >= 4 is 15.9 Å². The summed E-state index contributed by atoms with van der Waals surface area (Å²) in [7, 11) is 0. The standard InChI is InChI=1S/C14H19BrN2O2/c1-14(7-16)2-3-17(8-14)6-10-4-11(15)13-12(5-10)18-9-19-13/h4-5H,2-3,6-9,16H2,1H3. The first kappa shape index (κ1) is 13.2. The van der Waals surface area contributed by atoms with Gasteiger partial charge in [0.25, 0.3) is 0 Å². The highest BCUT2D eigenvalue weighted by Gasteiger charge is 2.32. The second-order valence-corrected chi connectivity index (χ2v) is 6.64. The van der Waals surface area contributed by atoms with Crippen LogP contribution in [-0.2, 0) is 6.54 Å². The van der Waals surface area contributed by atoms with Gasteiger partial charge in [0, 0.05) is 13.1 Å². The Balaban J connectivity index is 1.73.